The molecule has 0 saturated carbocycles. The normalized spacial score (nSPS) is 12.3. The van der Waals surface area contributed by atoms with Crippen molar-refractivity contribution in [1.29, 1.82) is 0 Å². The quantitative estimate of drug-likeness (QED) is 0.183. The first-order chi connectivity index (χ1) is 27.8. The summed E-state index contributed by atoms with van der Waals surface area (Å²) in [5.74, 6) is 1.96. The van der Waals surface area contributed by atoms with Crippen LogP contribution in [-0.4, -0.2) is 23.8 Å². The summed E-state index contributed by atoms with van der Waals surface area (Å²) in [6, 6.07) is 63.0. The van der Waals surface area contributed by atoms with E-state index >= 15 is 0 Å². The standard InChI is InChI=1S/C51H29N5/c1-3-12-30(13-4-1)49-52-50(31-14-5-2-6-15-31)54-51(53-49)33-23-25-46-40(27-33)42-29-34(28-41-36-17-8-10-21-44(36)56(46)48(41)42)32-22-24-45-39(26-32)38-19-11-18-37-35-16-7-9-20-43(35)55(45)47(37)38/h1-29H. The molecule has 13 rings (SSSR count). The third-order valence-electron chi connectivity index (χ3n) is 11.8. The van der Waals surface area contributed by atoms with E-state index < -0.39 is 0 Å². The van der Waals surface area contributed by atoms with Crippen LogP contribution < -0.4 is 0 Å². The molecule has 0 atom stereocenters. The topological polar surface area (TPSA) is 47.5 Å². The van der Waals surface area contributed by atoms with Gasteiger partial charge in [-0.1, -0.05) is 121 Å². The summed E-state index contributed by atoms with van der Waals surface area (Å²) in [5.41, 5.74) is 12.7. The van der Waals surface area contributed by atoms with Crippen LogP contribution >= 0.6 is 0 Å². The highest BCUT2D eigenvalue weighted by Crippen LogP contribution is 2.44. The Bertz CT molecular complexity index is 3630. The van der Waals surface area contributed by atoms with Gasteiger partial charge in [-0.3, -0.25) is 0 Å². The molecule has 5 heterocycles. The third kappa shape index (κ3) is 4.01. The molecule has 5 nitrogen and oxygen atoms in total. The fourth-order valence-corrected chi connectivity index (χ4v) is 9.36. The Balaban J connectivity index is 1.06. The molecule has 13 aromatic rings. The predicted octanol–water partition coefficient (Wildman–Crippen LogP) is 12.8. The number of benzene rings is 8. The zero-order valence-corrected chi connectivity index (χ0v) is 30.0. The van der Waals surface area contributed by atoms with Crippen LogP contribution in [-0.2, 0) is 0 Å². The summed E-state index contributed by atoms with van der Waals surface area (Å²) >= 11 is 0. The van der Waals surface area contributed by atoms with E-state index in [9.17, 15) is 0 Å². The van der Waals surface area contributed by atoms with Gasteiger partial charge in [-0.25, -0.2) is 15.0 Å². The fraction of sp³-hybridized carbons (Fsp3) is 0. The number of para-hydroxylation sites is 3. The predicted molar refractivity (Wildman–Crippen MR) is 231 cm³/mol. The van der Waals surface area contributed by atoms with Crippen molar-refractivity contribution in [2.24, 2.45) is 0 Å². The van der Waals surface area contributed by atoms with Gasteiger partial charge in [0.25, 0.3) is 0 Å². The van der Waals surface area contributed by atoms with Crippen molar-refractivity contribution < 1.29 is 0 Å². The lowest BCUT2D eigenvalue weighted by molar-refractivity contribution is 1.07. The molecule has 0 aliphatic carbocycles. The second kappa shape index (κ2) is 11.0. The van der Waals surface area contributed by atoms with Gasteiger partial charge in [0.1, 0.15) is 0 Å². The van der Waals surface area contributed by atoms with Gasteiger partial charge in [0.15, 0.2) is 17.5 Å². The van der Waals surface area contributed by atoms with Crippen LogP contribution in [0.3, 0.4) is 0 Å². The number of nitrogens with zero attached hydrogens (tertiary/aromatic N) is 5. The average molecular weight is 712 g/mol. The zero-order valence-electron chi connectivity index (χ0n) is 30.0. The second-order valence-corrected chi connectivity index (χ2v) is 14.8. The Labute approximate surface area is 320 Å². The zero-order chi connectivity index (χ0) is 36.5. The van der Waals surface area contributed by atoms with Crippen LogP contribution in [0.4, 0.5) is 0 Å². The van der Waals surface area contributed by atoms with Gasteiger partial charge in [-0.05, 0) is 65.7 Å². The van der Waals surface area contributed by atoms with E-state index in [1.807, 2.05) is 36.4 Å². The van der Waals surface area contributed by atoms with Gasteiger partial charge >= 0.3 is 0 Å². The molecule has 5 aromatic heterocycles. The minimum Gasteiger partial charge on any atom is -0.308 e. The lowest BCUT2D eigenvalue weighted by Gasteiger charge is -2.09. The van der Waals surface area contributed by atoms with E-state index in [1.165, 1.54) is 87.3 Å². The van der Waals surface area contributed by atoms with Crippen LogP contribution in [0.15, 0.2) is 176 Å². The summed E-state index contributed by atoms with van der Waals surface area (Å²) in [5, 5.41) is 10.1. The molecule has 258 valence electrons. The molecular weight excluding hydrogens is 683 g/mol. The molecule has 0 amide bonds. The Morgan fingerprint density at radius 1 is 0.250 bits per heavy atom. The fourth-order valence-electron chi connectivity index (χ4n) is 9.36. The maximum atomic E-state index is 5.08. The molecule has 0 unspecified atom stereocenters. The van der Waals surface area contributed by atoms with E-state index in [0.717, 1.165) is 16.7 Å². The Kier molecular flexibility index (Phi) is 5.83. The molecule has 0 saturated heterocycles. The lowest BCUT2D eigenvalue weighted by Crippen LogP contribution is -2.00. The minimum absolute atomic E-state index is 0.651. The van der Waals surface area contributed by atoms with Gasteiger partial charge in [-0.15, -0.1) is 0 Å². The van der Waals surface area contributed by atoms with E-state index in [0.29, 0.717) is 17.5 Å². The molecule has 8 aromatic carbocycles. The first-order valence-corrected chi connectivity index (χ1v) is 19.0. The van der Waals surface area contributed by atoms with Crippen LogP contribution in [0.25, 0.3) is 121 Å². The van der Waals surface area contributed by atoms with Crippen molar-refractivity contribution in [2.75, 3.05) is 0 Å². The molecule has 0 N–H and O–H groups in total. The van der Waals surface area contributed by atoms with Gasteiger partial charge < -0.3 is 8.80 Å². The maximum Gasteiger partial charge on any atom is 0.164 e. The molecule has 56 heavy (non-hydrogen) atoms. The van der Waals surface area contributed by atoms with Crippen LogP contribution in [0.5, 0.6) is 0 Å². The highest BCUT2D eigenvalue weighted by Gasteiger charge is 2.22. The number of hydrogen-bond donors (Lipinski definition) is 0. The SMILES string of the molecule is c1ccc(-c2nc(-c3ccccc3)nc(-c3ccc4c(c3)c3cc(-c5ccc6c(c5)c5cccc7c8ccccc8n6c75)cc5c6ccccc6n4c53)n2)cc1. The van der Waals surface area contributed by atoms with Crippen molar-refractivity contribution >= 4 is 76.2 Å². The first kappa shape index (κ1) is 29.8. The number of hydrogen-bond acceptors (Lipinski definition) is 3. The largest absolute Gasteiger partial charge is 0.308 e. The summed E-state index contributed by atoms with van der Waals surface area (Å²) in [4.78, 5) is 15.1. The van der Waals surface area contributed by atoms with Crippen molar-refractivity contribution in [1.82, 2.24) is 23.8 Å². The smallest absolute Gasteiger partial charge is 0.164 e. The van der Waals surface area contributed by atoms with E-state index in [1.54, 1.807) is 0 Å². The molecule has 0 radical (unpaired) electrons. The molecule has 5 heteroatoms. The highest BCUT2D eigenvalue weighted by atomic mass is 15.0. The average Bonchev–Trinajstić information content (AvgIpc) is 4.00. The second-order valence-electron chi connectivity index (χ2n) is 14.8. The minimum atomic E-state index is 0.651. The molecule has 0 aliphatic rings. The van der Waals surface area contributed by atoms with Crippen LogP contribution in [0.2, 0.25) is 0 Å². The van der Waals surface area contributed by atoms with Crippen molar-refractivity contribution in [3.8, 4) is 45.3 Å². The van der Waals surface area contributed by atoms with Gasteiger partial charge in [0.2, 0.25) is 0 Å². The monoisotopic (exact) mass is 711 g/mol. The van der Waals surface area contributed by atoms with Crippen molar-refractivity contribution in [3.05, 3.63) is 176 Å². The summed E-state index contributed by atoms with van der Waals surface area (Å²) in [6.07, 6.45) is 0. The van der Waals surface area contributed by atoms with Crippen molar-refractivity contribution in [3.63, 3.8) is 0 Å². The molecule has 0 spiro atoms. The Morgan fingerprint density at radius 2 is 0.643 bits per heavy atom. The maximum absolute atomic E-state index is 5.08. The van der Waals surface area contributed by atoms with Crippen LogP contribution in [0.1, 0.15) is 0 Å². The lowest BCUT2D eigenvalue weighted by atomic mass is 9.97. The molecule has 0 fully saturated rings. The molecule has 0 aliphatic heterocycles. The Hall–Kier alpha value is -7.63. The third-order valence-corrected chi connectivity index (χ3v) is 11.8. The summed E-state index contributed by atoms with van der Waals surface area (Å²) in [7, 11) is 0. The summed E-state index contributed by atoms with van der Waals surface area (Å²) < 4.78 is 4.88. The van der Waals surface area contributed by atoms with E-state index in [-0.39, 0.29) is 0 Å². The van der Waals surface area contributed by atoms with Gasteiger partial charge in [-0.2, -0.15) is 0 Å². The van der Waals surface area contributed by atoms with Crippen molar-refractivity contribution in [2.45, 2.75) is 0 Å². The highest BCUT2D eigenvalue weighted by molar-refractivity contribution is 6.26. The van der Waals surface area contributed by atoms with Crippen LogP contribution in [0, 0.1) is 0 Å². The first-order valence-electron chi connectivity index (χ1n) is 19.0. The van der Waals surface area contributed by atoms with E-state index in [2.05, 4.69) is 148 Å². The number of rotatable bonds is 4. The number of aromatic nitrogens is 5. The van der Waals surface area contributed by atoms with E-state index in [4.69, 9.17) is 15.0 Å². The summed E-state index contributed by atoms with van der Waals surface area (Å²) in [6.45, 7) is 0. The van der Waals surface area contributed by atoms with Gasteiger partial charge in [0.05, 0.1) is 33.1 Å². The Morgan fingerprint density at radius 3 is 1.27 bits per heavy atom. The number of fused-ring (bicyclic) bond motifs is 12. The van der Waals surface area contributed by atoms with Gasteiger partial charge in [0, 0.05) is 59.8 Å². The molecular formula is C51H29N5. The molecule has 0 bridgehead atoms.